The summed E-state index contributed by atoms with van der Waals surface area (Å²) in [5.41, 5.74) is 2.50. The van der Waals surface area contributed by atoms with Crippen LogP contribution >= 0.6 is 0 Å². The number of nitrogens with one attached hydrogen (secondary N) is 2. The number of hydrogen-bond acceptors (Lipinski definition) is 3. The summed E-state index contributed by atoms with van der Waals surface area (Å²) in [6, 6.07) is 0. The fourth-order valence-electron chi connectivity index (χ4n) is 3.22. The van der Waals surface area contributed by atoms with E-state index in [0.29, 0.717) is 0 Å². The summed E-state index contributed by atoms with van der Waals surface area (Å²) in [7, 11) is 0. The van der Waals surface area contributed by atoms with E-state index < -0.39 is 0 Å². The molecule has 4 nitrogen and oxygen atoms in total. The van der Waals surface area contributed by atoms with Gasteiger partial charge in [0.2, 0.25) is 0 Å². The van der Waals surface area contributed by atoms with Gasteiger partial charge in [-0.2, -0.15) is 0 Å². The Morgan fingerprint density at radius 3 is 2.78 bits per heavy atom. The Labute approximate surface area is 110 Å². The molecule has 0 bridgehead atoms. The van der Waals surface area contributed by atoms with E-state index in [1.165, 1.54) is 12.8 Å². The van der Waals surface area contributed by atoms with Crippen LogP contribution in [0.25, 0.3) is 0 Å². The number of hydrogen-bond donors (Lipinski definition) is 2. The van der Waals surface area contributed by atoms with Gasteiger partial charge in [-0.05, 0) is 38.6 Å². The van der Waals surface area contributed by atoms with Crippen molar-refractivity contribution >= 4 is 5.91 Å². The average molecular weight is 254 g/mol. The van der Waals surface area contributed by atoms with Gasteiger partial charge in [0, 0.05) is 6.54 Å². The minimum absolute atomic E-state index is 0.0865. The van der Waals surface area contributed by atoms with Crippen LogP contribution in [0.4, 0.5) is 0 Å². The molecule has 0 aromatic rings. The minimum atomic E-state index is -0.244. The third kappa shape index (κ3) is 3.23. The van der Waals surface area contributed by atoms with E-state index in [1.54, 1.807) is 0 Å². The summed E-state index contributed by atoms with van der Waals surface area (Å²) < 4.78 is 0. The first-order chi connectivity index (χ1) is 8.77. The fourth-order valence-corrected chi connectivity index (χ4v) is 3.22. The highest BCUT2D eigenvalue weighted by molar-refractivity contribution is 5.82. The predicted molar refractivity (Wildman–Crippen MR) is 70.9 cm³/mol. The van der Waals surface area contributed by atoms with Gasteiger partial charge in [0.05, 0.1) is 11.5 Å². The molecule has 0 spiro atoms. The molecule has 1 amide bonds. The molecule has 2 N–H and O–H groups in total. The SMILES string of the molecule is CCCC1(C(=O)NOC2CCCC2)CCCNC1. The molecule has 2 fully saturated rings. The molecule has 4 heteroatoms. The first kappa shape index (κ1) is 13.8. The maximum absolute atomic E-state index is 12.4. The van der Waals surface area contributed by atoms with E-state index in [4.69, 9.17) is 4.84 Å². The van der Waals surface area contributed by atoms with Crippen molar-refractivity contribution < 1.29 is 9.63 Å². The van der Waals surface area contributed by atoms with Crippen molar-refractivity contribution in [2.75, 3.05) is 13.1 Å². The molecule has 2 rings (SSSR count). The second-order valence-corrected chi connectivity index (χ2v) is 5.77. The molecule has 2 aliphatic rings. The number of piperidine rings is 1. The molecule has 0 aromatic carbocycles. The van der Waals surface area contributed by atoms with Crippen molar-refractivity contribution in [2.24, 2.45) is 5.41 Å². The summed E-state index contributed by atoms with van der Waals surface area (Å²) in [5, 5.41) is 3.35. The maximum atomic E-state index is 12.4. The van der Waals surface area contributed by atoms with Gasteiger partial charge < -0.3 is 5.32 Å². The van der Waals surface area contributed by atoms with Crippen LogP contribution in [0.1, 0.15) is 58.3 Å². The van der Waals surface area contributed by atoms with Gasteiger partial charge in [-0.1, -0.05) is 26.2 Å². The molecular formula is C14H26N2O2. The van der Waals surface area contributed by atoms with Gasteiger partial charge in [0.25, 0.3) is 5.91 Å². The van der Waals surface area contributed by atoms with Gasteiger partial charge >= 0.3 is 0 Å². The Balaban J connectivity index is 1.86. The van der Waals surface area contributed by atoms with Gasteiger partial charge in [-0.3, -0.25) is 9.63 Å². The van der Waals surface area contributed by atoms with Crippen LogP contribution < -0.4 is 10.8 Å². The molecule has 1 aliphatic carbocycles. The third-order valence-electron chi connectivity index (χ3n) is 4.30. The van der Waals surface area contributed by atoms with Gasteiger partial charge in [-0.15, -0.1) is 0 Å². The first-order valence-electron chi connectivity index (χ1n) is 7.44. The third-order valence-corrected chi connectivity index (χ3v) is 4.30. The number of hydroxylamine groups is 1. The zero-order chi connectivity index (χ0) is 12.8. The van der Waals surface area contributed by atoms with Gasteiger partial charge in [0.15, 0.2) is 0 Å². The molecule has 104 valence electrons. The second-order valence-electron chi connectivity index (χ2n) is 5.77. The first-order valence-corrected chi connectivity index (χ1v) is 7.44. The van der Waals surface area contributed by atoms with Crippen LogP contribution in [0.3, 0.4) is 0 Å². The lowest BCUT2D eigenvalue weighted by molar-refractivity contribution is -0.150. The largest absolute Gasteiger partial charge is 0.316 e. The van der Waals surface area contributed by atoms with Crippen LogP contribution in [0.2, 0.25) is 0 Å². The predicted octanol–water partition coefficient (Wildman–Crippen LogP) is 2.15. The maximum Gasteiger partial charge on any atom is 0.251 e. The van der Waals surface area contributed by atoms with E-state index in [-0.39, 0.29) is 17.4 Å². The number of carbonyl (C=O) groups excluding carboxylic acids is 1. The van der Waals surface area contributed by atoms with Crippen molar-refractivity contribution in [3.63, 3.8) is 0 Å². The summed E-state index contributed by atoms with van der Waals surface area (Å²) in [4.78, 5) is 18.0. The smallest absolute Gasteiger partial charge is 0.251 e. The van der Waals surface area contributed by atoms with Crippen molar-refractivity contribution in [2.45, 2.75) is 64.4 Å². The molecule has 18 heavy (non-hydrogen) atoms. The average Bonchev–Trinajstić information content (AvgIpc) is 2.90. The number of carbonyl (C=O) groups is 1. The molecule has 1 aliphatic heterocycles. The van der Waals surface area contributed by atoms with E-state index in [1.807, 2.05) is 0 Å². The normalized spacial score (nSPS) is 29.4. The van der Waals surface area contributed by atoms with Crippen molar-refractivity contribution in [3.05, 3.63) is 0 Å². The van der Waals surface area contributed by atoms with E-state index >= 15 is 0 Å². The van der Waals surface area contributed by atoms with Crippen LogP contribution in [0.15, 0.2) is 0 Å². The van der Waals surface area contributed by atoms with Crippen LogP contribution in [0.5, 0.6) is 0 Å². The Hall–Kier alpha value is -0.610. The van der Waals surface area contributed by atoms with E-state index in [0.717, 1.165) is 51.6 Å². The summed E-state index contributed by atoms with van der Waals surface area (Å²) in [6.45, 7) is 3.96. The zero-order valence-electron chi connectivity index (χ0n) is 11.5. The summed E-state index contributed by atoms with van der Waals surface area (Å²) in [6.07, 6.45) is 8.90. The van der Waals surface area contributed by atoms with E-state index in [9.17, 15) is 4.79 Å². The Morgan fingerprint density at radius 2 is 2.17 bits per heavy atom. The molecule has 1 atom stereocenters. The lowest BCUT2D eigenvalue weighted by atomic mass is 9.76. The summed E-state index contributed by atoms with van der Waals surface area (Å²) in [5.74, 6) is 0.0865. The Morgan fingerprint density at radius 1 is 1.39 bits per heavy atom. The van der Waals surface area contributed by atoms with Gasteiger partial charge in [0.1, 0.15) is 0 Å². The Kier molecular flexibility index (Phi) is 5.01. The zero-order valence-corrected chi connectivity index (χ0v) is 11.5. The lowest BCUT2D eigenvalue weighted by Crippen LogP contribution is -2.50. The van der Waals surface area contributed by atoms with Gasteiger partial charge in [-0.25, -0.2) is 5.48 Å². The van der Waals surface area contributed by atoms with E-state index in [2.05, 4.69) is 17.7 Å². The molecule has 0 aromatic heterocycles. The standard InChI is InChI=1S/C14H26N2O2/c1-2-8-14(9-5-10-15-11-14)13(17)16-18-12-6-3-4-7-12/h12,15H,2-11H2,1H3,(H,16,17). The molecule has 1 saturated heterocycles. The minimum Gasteiger partial charge on any atom is -0.316 e. The highest BCUT2D eigenvalue weighted by atomic mass is 16.7. The monoisotopic (exact) mass is 254 g/mol. The van der Waals surface area contributed by atoms with Crippen molar-refractivity contribution in [3.8, 4) is 0 Å². The highest BCUT2D eigenvalue weighted by Gasteiger charge is 2.39. The van der Waals surface area contributed by atoms with Crippen molar-refractivity contribution in [1.29, 1.82) is 0 Å². The molecule has 1 unspecified atom stereocenters. The molecule has 1 heterocycles. The topological polar surface area (TPSA) is 50.4 Å². The molecule has 0 radical (unpaired) electrons. The fraction of sp³-hybridized carbons (Fsp3) is 0.929. The molecular weight excluding hydrogens is 228 g/mol. The highest BCUT2D eigenvalue weighted by Crippen LogP contribution is 2.32. The summed E-state index contributed by atoms with van der Waals surface area (Å²) >= 11 is 0. The number of rotatable bonds is 5. The van der Waals surface area contributed by atoms with Crippen LogP contribution in [-0.2, 0) is 9.63 Å². The lowest BCUT2D eigenvalue weighted by Gasteiger charge is -2.36. The van der Waals surface area contributed by atoms with Crippen molar-refractivity contribution in [1.82, 2.24) is 10.8 Å². The number of amides is 1. The molecule has 1 saturated carbocycles. The Bertz CT molecular complexity index is 263. The second kappa shape index (κ2) is 6.53. The van der Waals surface area contributed by atoms with Crippen LogP contribution in [-0.4, -0.2) is 25.1 Å². The quantitative estimate of drug-likeness (QED) is 0.739. The van der Waals surface area contributed by atoms with Crippen LogP contribution in [0, 0.1) is 5.41 Å².